The molecule has 104 valence electrons. The highest BCUT2D eigenvalue weighted by Crippen LogP contribution is 2.52. The third-order valence-electron chi connectivity index (χ3n) is 3.65. The number of methoxy groups -OCH3 is 1. The molecule has 1 aromatic rings. The van der Waals surface area contributed by atoms with Gasteiger partial charge in [0.25, 0.3) is 0 Å². The first-order valence-corrected chi connectivity index (χ1v) is 6.55. The summed E-state index contributed by atoms with van der Waals surface area (Å²) in [5.74, 6) is 0.901. The van der Waals surface area contributed by atoms with Crippen LogP contribution in [0.2, 0.25) is 0 Å². The third kappa shape index (κ3) is 2.45. The molecule has 1 aliphatic rings. The second-order valence-electron chi connectivity index (χ2n) is 5.58. The van der Waals surface area contributed by atoms with Crippen LogP contribution in [0.3, 0.4) is 0 Å². The van der Waals surface area contributed by atoms with Gasteiger partial charge in [0, 0.05) is 19.7 Å². The van der Waals surface area contributed by atoms with Crippen LogP contribution in [0.5, 0.6) is 5.75 Å². The molecule has 0 aromatic heterocycles. The molecule has 0 radical (unpaired) electrons. The standard InChI is InChI=1S/C15H22N2O2/c1-10-8-11(2)13(19-5)12(9-10)15(6-7-15)14(18)16-17(3)4/h8-9H,6-7H2,1-5H3,(H,16,18). The van der Waals surface area contributed by atoms with Crippen LogP contribution in [-0.2, 0) is 10.2 Å². The fraction of sp³-hybridized carbons (Fsp3) is 0.533. The second-order valence-corrected chi connectivity index (χ2v) is 5.58. The molecule has 1 fully saturated rings. The van der Waals surface area contributed by atoms with Gasteiger partial charge in [-0.1, -0.05) is 17.7 Å². The first-order chi connectivity index (χ1) is 8.90. The minimum absolute atomic E-state index is 0.0563. The number of nitrogens with one attached hydrogen (secondary N) is 1. The average molecular weight is 262 g/mol. The van der Waals surface area contributed by atoms with Gasteiger partial charge in [0.15, 0.2) is 0 Å². The Kier molecular flexibility index (Phi) is 3.54. The Labute approximate surface area is 114 Å². The van der Waals surface area contributed by atoms with Gasteiger partial charge < -0.3 is 4.74 Å². The van der Waals surface area contributed by atoms with Crippen molar-refractivity contribution < 1.29 is 9.53 Å². The first kappa shape index (κ1) is 13.9. The minimum Gasteiger partial charge on any atom is -0.496 e. The topological polar surface area (TPSA) is 41.6 Å². The van der Waals surface area contributed by atoms with E-state index in [1.165, 1.54) is 0 Å². The summed E-state index contributed by atoms with van der Waals surface area (Å²) in [5, 5.41) is 1.69. The maximum atomic E-state index is 12.4. The Hall–Kier alpha value is -1.55. The number of amides is 1. The number of carbonyl (C=O) groups is 1. The van der Waals surface area contributed by atoms with Gasteiger partial charge in [-0.15, -0.1) is 0 Å². The lowest BCUT2D eigenvalue weighted by Gasteiger charge is -2.22. The van der Waals surface area contributed by atoms with Crippen molar-refractivity contribution in [2.24, 2.45) is 0 Å². The van der Waals surface area contributed by atoms with Crippen molar-refractivity contribution in [1.82, 2.24) is 10.4 Å². The predicted octanol–water partition coefficient (Wildman–Crippen LogP) is 1.94. The minimum atomic E-state index is -0.410. The van der Waals surface area contributed by atoms with E-state index in [1.807, 2.05) is 21.0 Å². The SMILES string of the molecule is COc1c(C)cc(C)cc1C1(C(=O)NN(C)C)CC1. The summed E-state index contributed by atoms with van der Waals surface area (Å²) in [6, 6.07) is 4.16. The number of ether oxygens (including phenoxy) is 1. The third-order valence-corrected chi connectivity index (χ3v) is 3.65. The highest BCUT2D eigenvalue weighted by Gasteiger charge is 2.53. The molecule has 0 bridgehead atoms. The van der Waals surface area contributed by atoms with E-state index in [4.69, 9.17) is 4.74 Å². The molecular weight excluding hydrogens is 240 g/mol. The van der Waals surface area contributed by atoms with E-state index in [0.717, 1.165) is 35.3 Å². The van der Waals surface area contributed by atoms with Crippen LogP contribution in [0, 0.1) is 13.8 Å². The van der Waals surface area contributed by atoms with Gasteiger partial charge in [-0.3, -0.25) is 10.2 Å². The molecule has 19 heavy (non-hydrogen) atoms. The molecule has 1 amide bonds. The van der Waals surface area contributed by atoms with E-state index < -0.39 is 5.41 Å². The van der Waals surface area contributed by atoms with Crippen molar-refractivity contribution in [1.29, 1.82) is 0 Å². The Morgan fingerprint density at radius 2 is 1.95 bits per heavy atom. The Bertz CT molecular complexity index is 505. The smallest absolute Gasteiger partial charge is 0.245 e. The molecule has 4 nitrogen and oxygen atoms in total. The number of carbonyl (C=O) groups excluding carboxylic acids is 1. The van der Waals surface area contributed by atoms with Gasteiger partial charge in [-0.2, -0.15) is 0 Å². The highest BCUT2D eigenvalue weighted by molar-refractivity contribution is 5.92. The summed E-state index contributed by atoms with van der Waals surface area (Å²) in [7, 11) is 5.32. The largest absolute Gasteiger partial charge is 0.496 e. The van der Waals surface area contributed by atoms with Gasteiger partial charge in [0.05, 0.1) is 12.5 Å². The van der Waals surface area contributed by atoms with Crippen molar-refractivity contribution in [3.05, 3.63) is 28.8 Å². The van der Waals surface area contributed by atoms with Gasteiger partial charge in [0.2, 0.25) is 5.91 Å². The summed E-state index contributed by atoms with van der Waals surface area (Å²) in [6.45, 7) is 4.07. The Morgan fingerprint density at radius 1 is 1.32 bits per heavy atom. The number of hydrazine groups is 1. The number of hydrogen-bond acceptors (Lipinski definition) is 3. The summed E-state index contributed by atoms with van der Waals surface area (Å²) in [5.41, 5.74) is 5.73. The summed E-state index contributed by atoms with van der Waals surface area (Å²) in [4.78, 5) is 12.4. The number of nitrogens with zero attached hydrogens (tertiary/aromatic N) is 1. The molecule has 1 N–H and O–H groups in total. The number of benzene rings is 1. The second kappa shape index (κ2) is 4.85. The zero-order valence-electron chi connectivity index (χ0n) is 12.3. The average Bonchev–Trinajstić information content (AvgIpc) is 3.08. The number of rotatable bonds is 4. The zero-order valence-corrected chi connectivity index (χ0v) is 12.3. The fourth-order valence-electron chi connectivity index (χ4n) is 2.63. The fourth-order valence-corrected chi connectivity index (χ4v) is 2.63. The molecule has 1 saturated carbocycles. The number of hydrogen-bond donors (Lipinski definition) is 1. The van der Waals surface area contributed by atoms with E-state index in [0.29, 0.717) is 0 Å². The van der Waals surface area contributed by atoms with Crippen molar-refractivity contribution in [2.45, 2.75) is 32.1 Å². The molecule has 2 rings (SSSR count). The summed E-state index contributed by atoms with van der Waals surface area (Å²) in [6.07, 6.45) is 1.76. The molecule has 0 spiro atoms. The lowest BCUT2D eigenvalue weighted by Crippen LogP contribution is -2.43. The van der Waals surface area contributed by atoms with Crippen LogP contribution in [0.25, 0.3) is 0 Å². The lowest BCUT2D eigenvalue weighted by atomic mass is 9.91. The normalized spacial score (nSPS) is 16.3. The molecule has 0 atom stereocenters. The van der Waals surface area contributed by atoms with Crippen LogP contribution >= 0.6 is 0 Å². The number of aryl methyl sites for hydroxylation is 2. The Balaban J connectivity index is 2.44. The molecule has 0 aliphatic heterocycles. The Morgan fingerprint density at radius 3 is 2.42 bits per heavy atom. The van der Waals surface area contributed by atoms with Crippen molar-refractivity contribution in [3.8, 4) is 5.75 Å². The lowest BCUT2D eigenvalue weighted by molar-refractivity contribution is -0.127. The van der Waals surface area contributed by atoms with Gasteiger partial charge in [-0.25, -0.2) is 5.01 Å². The van der Waals surface area contributed by atoms with E-state index in [-0.39, 0.29) is 5.91 Å². The quantitative estimate of drug-likeness (QED) is 0.843. The van der Waals surface area contributed by atoms with Crippen LogP contribution in [0.4, 0.5) is 0 Å². The van der Waals surface area contributed by atoms with Gasteiger partial charge in [-0.05, 0) is 32.3 Å². The van der Waals surface area contributed by atoms with E-state index in [2.05, 4.69) is 24.5 Å². The molecule has 1 aliphatic carbocycles. The first-order valence-electron chi connectivity index (χ1n) is 6.55. The molecular formula is C15H22N2O2. The van der Waals surface area contributed by atoms with Crippen LogP contribution in [0.15, 0.2) is 12.1 Å². The van der Waals surface area contributed by atoms with Crippen LogP contribution in [-0.4, -0.2) is 32.1 Å². The van der Waals surface area contributed by atoms with E-state index >= 15 is 0 Å². The van der Waals surface area contributed by atoms with E-state index in [9.17, 15) is 4.79 Å². The van der Waals surface area contributed by atoms with Crippen LogP contribution in [0.1, 0.15) is 29.5 Å². The predicted molar refractivity (Wildman–Crippen MR) is 75.2 cm³/mol. The summed E-state index contributed by atoms with van der Waals surface area (Å²) >= 11 is 0. The molecule has 0 unspecified atom stereocenters. The monoisotopic (exact) mass is 262 g/mol. The molecule has 0 heterocycles. The van der Waals surface area contributed by atoms with Gasteiger partial charge >= 0.3 is 0 Å². The van der Waals surface area contributed by atoms with Crippen LogP contribution < -0.4 is 10.2 Å². The molecule has 1 aromatic carbocycles. The highest BCUT2D eigenvalue weighted by atomic mass is 16.5. The van der Waals surface area contributed by atoms with Gasteiger partial charge in [0.1, 0.15) is 5.75 Å². The van der Waals surface area contributed by atoms with Crippen molar-refractivity contribution in [2.75, 3.05) is 21.2 Å². The van der Waals surface area contributed by atoms with Crippen molar-refractivity contribution >= 4 is 5.91 Å². The molecule has 4 heteroatoms. The van der Waals surface area contributed by atoms with E-state index in [1.54, 1.807) is 12.1 Å². The molecule has 0 saturated heterocycles. The van der Waals surface area contributed by atoms with Crippen molar-refractivity contribution in [3.63, 3.8) is 0 Å². The maximum Gasteiger partial charge on any atom is 0.245 e. The maximum absolute atomic E-state index is 12.4. The zero-order chi connectivity index (χ0) is 14.2. The summed E-state index contributed by atoms with van der Waals surface area (Å²) < 4.78 is 5.52.